The number of hydrogen-bond donors (Lipinski definition) is 1. The van der Waals surface area contributed by atoms with Crippen LogP contribution in [-0.2, 0) is 6.18 Å². The summed E-state index contributed by atoms with van der Waals surface area (Å²) < 4.78 is 52.1. The Labute approximate surface area is 211 Å². The maximum atomic E-state index is 14.0. The minimum atomic E-state index is -4.75. The van der Waals surface area contributed by atoms with E-state index in [9.17, 15) is 18.3 Å². The highest BCUT2D eigenvalue weighted by molar-refractivity contribution is 5.71. The van der Waals surface area contributed by atoms with Crippen molar-refractivity contribution in [1.82, 2.24) is 20.2 Å². The van der Waals surface area contributed by atoms with Crippen LogP contribution in [0, 0.1) is 5.92 Å². The predicted octanol–water partition coefficient (Wildman–Crippen LogP) is 6.23. The normalized spacial score (nSPS) is 17.7. The molecule has 2 aromatic carbocycles. The summed E-state index contributed by atoms with van der Waals surface area (Å²) in [6.45, 7) is 4.72. The van der Waals surface area contributed by atoms with Crippen molar-refractivity contribution in [2.75, 3.05) is 19.6 Å². The maximum Gasteiger partial charge on any atom is 0.422 e. The number of rotatable bonds is 7. The van der Waals surface area contributed by atoms with Gasteiger partial charge in [-0.1, -0.05) is 78.3 Å². The second kappa shape index (κ2) is 10.5. The third-order valence-electron chi connectivity index (χ3n) is 6.81. The molecule has 0 aliphatic carbocycles. The maximum absolute atomic E-state index is 14.0. The number of aliphatic hydroxyl groups is 1. The number of piperidine rings is 1. The molecule has 37 heavy (non-hydrogen) atoms. The van der Waals surface area contributed by atoms with E-state index >= 15 is 0 Å². The molecule has 2 atom stereocenters. The van der Waals surface area contributed by atoms with Gasteiger partial charge in [0, 0.05) is 24.2 Å². The molecule has 7 nitrogen and oxygen atoms in total. The van der Waals surface area contributed by atoms with Crippen molar-refractivity contribution in [2.45, 2.75) is 38.5 Å². The van der Waals surface area contributed by atoms with Gasteiger partial charge in [0.25, 0.3) is 5.89 Å². The van der Waals surface area contributed by atoms with Crippen LogP contribution in [0.15, 0.2) is 63.6 Å². The number of likely N-dealkylation sites (tertiary alicyclic amines) is 1. The van der Waals surface area contributed by atoms with Crippen molar-refractivity contribution in [1.29, 1.82) is 0 Å². The molecule has 0 spiro atoms. The molecular formula is C27H27F3N4O3. The molecular weight excluding hydrogens is 485 g/mol. The SMILES string of the molecule is CCC1CCCN(CC(O)c2ccc(-c3noc(-c4onc(-c5ccccc5)c4C(F)(F)F)n3)cc2)C1. The number of hydrogen-bond acceptors (Lipinski definition) is 7. The van der Waals surface area contributed by atoms with Gasteiger partial charge in [0.2, 0.25) is 11.6 Å². The summed E-state index contributed by atoms with van der Waals surface area (Å²) in [5, 5.41) is 18.2. The fourth-order valence-electron chi connectivity index (χ4n) is 4.78. The molecule has 0 radical (unpaired) electrons. The molecule has 1 aliphatic rings. The van der Waals surface area contributed by atoms with E-state index in [1.165, 1.54) is 18.6 Å². The topological polar surface area (TPSA) is 88.4 Å². The lowest BCUT2D eigenvalue weighted by molar-refractivity contribution is -0.136. The zero-order valence-corrected chi connectivity index (χ0v) is 20.3. The van der Waals surface area contributed by atoms with Crippen molar-refractivity contribution in [2.24, 2.45) is 5.92 Å². The molecule has 1 saturated heterocycles. The van der Waals surface area contributed by atoms with E-state index in [2.05, 4.69) is 27.1 Å². The number of benzene rings is 2. The summed E-state index contributed by atoms with van der Waals surface area (Å²) in [5.41, 5.74) is 0.114. The molecule has 0 bridgehead atoms. The van der Waals surface area contributed by atoms with Crippen molar-refractivity contribution < 1.29 is 27.3 Å². The van der Waals surface area contributed by atoms with Gasteiger partial charge < -0.3 is 19.1 Å². The lowest BCUT2D eigenvalue weighted by Crippen LogP contribution is -2.37. The Morgan fingerprint density at radius 3 is 2.49 bits per heavy atom. The number of alkyl halides is 3. The van der Waals surface area contributed by atoms with E-state index in [0.717, 1.165) is 31.5 Å². The zero-order valence-electron chi connectivity index (χ0n) is 20.3. The Morgan fingerprint density at radius 1 is 1.03 bits per heavy atom. The second-order valence-corrected chi connectivity index (χ2v) is 9.34. The molecule has 1 N–H and O–H groups in total. The molecule has 1 fully saturated rings. The van der Waals surface area contributed by atoms with Crippen LogP contribution in [0.1, 0.15) is 43.4 Å². The fourth-order valence-corrected chi connectivity index (χ4v) is 4.78. The van der Waals surface area contributed by atoms with Gasteiger partial charge in [0.15, 0.2) is 0 Å². The Kier molecular flexibility index (Phi) is 7.12. The van der Waals surface area contributed by atoms with Crippen LogP contribution in [-0.4, -0.2) is 44.9 Å². The monoisotopic (exact) mass is 512 g/mol. The average Bonchev–Trinajstić information content (AvgIpc) is 3.57. The van der Waals surface area contributed by atoms with E-state index in [4.69, 9.17) is 9.05 Å². The third-order valence-corrected chi connectivity index (χ3v) is 6.81. The largest absolute Gasteiger partial charge is 0.422 e. The van der Waals surface area contributed by atoms with Crippen LogP contribution in [0.3, 0.4) is 0 Å². The van der Waals surface area contributed by atoms with Crippen LogP contribution >= 0.6 is 0 Å². The van der Waals surface area contributed by atoms with Crippen LogP contribution in [0.4, 0.5) is 13.2 Å². The first-order valence-corrected chi connectivity index (χ1v) is 12.3. The van der Waals surface area contributed by atoms with Gasteiger partial charge in [-0.15, -0.1) is 0 Å². The highest BCUT2D eigenvalue weighted by Crippen LogP contribution is 2.43. The first kappa shape index (κ1) is 25.2. The summed E-state index contributed by atoms with van der Waals surface area (Å²) in [7, 11) is 0. The van der Waals surface area contributed by atoms with Gasteiger partial charge in [-0.05, 0) is 30.9 Å². The van der Waals surface area contributed by atoms with E-state index in [-0.39, 0.29) is 17.1 Å². The molecule has 2 unspecified atom stereocenters. The summed E-state index contributed by atoms with van der Waals surface area (Å²) in [6.07, 6.45) is -1.89. The Balaban J connectivity index is 1.35. The van der Waals surface area contributed by atoms with Crippen molar-refractivity contribution >= 4 is 0 Å². The van der Waals surface area contributed by atoms with Gasteiger partial charge >= 0.3 is 6.18 Å². The van der Waals surface area contributed by atoms with Gasteiger partial charge in [0.1, 0.15) is 11.3 Å². The van der Waals surface area contributed by atoms with Crippen LogP contribution in [0.5, 0.6) is 0 Å². The molecule has 1 aliphatic heterocycles. The minimum absolute atomic E-state index is 0.101. The summed E-state index contributed by atoms with van der Waals surface area (Å²) >= 11 is 0. The smallest absolute Gasteiger partial charge is 0.387 e. The molecule has 0 amide bonds. The van der Waals surface area contributed by atoms with Crippen molar-refractivity contribution in [3.63, 3.8) is 0 Å². The quantitative estimate of drug-likeness (QED) is 0.314. The number of β-amino-alcohol motifs (C(OH)–C–C–N with tert-alkyl or cyclic N) is 1. The van der Waals surface area contributed by atoms with E-state index < -0.39 is 29.5 Å². The third kappa shape index (κ3) is 5.45. The molecule has 5 rings (SSSR count). The first-order chi connectivity index (χ1) is 17.8. The second-order valence-electron chi connectivity index (χ2n) is 9.34. The fraction of sp³-hybridized carbons (Fsp3) is 0.370. The summed E-state index contributed by atoms with van der Waals surface area (Å²) in [5.74, 6) is -0.286. The number of halogens is 3. The van der Waals surface area contributed by atoms with Crippen LogP contribution in [0.2, 0.25) is 0 Å². The van der Waals surface area contributed by atoms with E-state index in [1.54, 1.807) is 42.5 Å². The minimum Gasteiger partial charge on any atom is -0.387 e. The molecule has 2 aromatic heterocycles. The molecule has 0 saturated carbocycles. The molecule has 3 heterocycles. The van der Waals surface area contributed by atoms with Gasteiger partial charge in [-0.2, -0.15) is 18.2 Å². The van der Waals surface area contributed by atoms with E-state index in [1.807, 2.05) is 0 Å². The van der Waals surface area contributed by atoms with Crippen molar-refractivity contribution in [3.05, 3.63) is 65.7 Å². The molecule has 4 aromatic rings. The predicted molar refractivity (Wildman–Crippen MR) is 130 cm³/mol. The zero-order chi connectivity index (χ0) is 26.0. The number of aromatic nitrogens is 3. The van der Waals surface area contributed by atoms with Gasteiger partial charge in [-0.25, -0.2) is 0 Å². The highest BCUT2D eigenvalue weighted by Gasteiger charge is 2.43. The summed E-state index contributed by atoms with van der Waals surface area (Å²) in [6, 6.07) is 14.9. The standard InChI is InChI=1S/C27H27F3N4O3/c1-2-17-7-6-14-34(15-17)16-21(35)18-10-12-20(13-11-18)25-31-26(37-33-25)24-22(27(28,29)30)23(32-36-24)19-8-4-3-5-9-19/h3-5,8-13,17,21,35H,2,6-7,14-16H2,1H3. The van der Waals surface area contributed by atoms with Gasteiger partial charge in [-0.3, -0.25) is 0 Å². The Hall–Kier alpha value is -3.50. The lowest BCUT2D eigenvalue weighted by atomic mass is 9.95. The first-order valence-electron chi connectivity index (χ1n) is 12.3. The molecule has 10 heteroatoms. The Morgan fingerprint density at radius 2 is 1.78 bits per heavy atom. The van der Waals surface area contributed by atoms with Crippen LogP contribution < -0.4 is 0 Å². The average molecular weight is 513 g/mol. The highest BCUT2D eigenvalue weighted by atomic mass is 19.4. The summed E-state index contributed by atoms with van der Waals surface area (Å²) in [4.78, 5) is 6.43. The lowest BCUT2D eigenvalue weighted by Gasteiger charge is -2.33. The van der Waals surface area contributed by atoms with Crippen LogP contribution in [0.25, 0.3) is 34.3 Å². The molecule has 194 valence electrons. The number of aliphatic hydroxyl groups excluding tert-OH is 1. The van der Waals surface area contributed by atoms with E-state index in [0.29, 0.717) is 18.0 Å². The Bertz CT molecular complexity index is 1320. The number of nitrogens with zero attached hydrogens (tertiary/aromatic N) is 4. The van der Waals surface area contributed by atoms with Crippen molar-refractivity contribution in [3.8, 4) is 34.3 Å². The van der Waals surface area contributed by atoms with Gasteiger partial charge in [0.05, 0.1) is 6.10 Å².